The molecule has 1 aromatic rings. The first-order valence-corrected chi connectivity index (χ1v) is 12.9. The molecule has 9 heteroatoms. The van der Waals surface area contributed by atoms with Crippen molar-refractivity contribution in [2.75, 3.05) is 47.4 Å². The number of carbonyl (C=O) groups is 1. The lowest BCUT2D eigenvalue weighted by molar-refractivity contribution is -0.158. The molecular formula is C29H42F2N4O3. The highest BCUT2D eigenvalue weighted by Gasteiger charge is 2.23. The minimum absolute atomic E-state index is 0.0149. The van der Waals surface area contributed by atoms with Gasteiger partial charge in [0.2, 0.25) is 0 Å². The fourth-order valence-electron chi connectivity index (χ4n) is 4.00. The average molecular weight is 533 g/mol. The van der Waals surface area contributed by atoms with Crippen LogP contribution in [0.2, 0.25) is 0 Å². The number of allylic oxidation sites excluding steroid dienone is 6. The molecule has 1 unspecified atom stereocenters. The van der Waals surface area contributed by atoms with Crippen LogP contribution in [-0.2, 0) is 4.79 Å². The maximum Gasteiger partial charge on any atom is 0.394 e. The third kappa shape index (κ3) is 10.6. The Bertz CT molecular complexity index is 1040. The van der Waals surface area contributed by atoms with Gasteiger partial charge in [-0.1, -0.05) is 19.9 Å². The summed E-state index contributed by atoms with van der Waals surface area (Å²) in [6.07, 6.45) is 5.91. The Balaban J connectivity index is 2.01. The summed E-state index contributed by atoms with van der Waals surface area (Å²) in [4.78, 5) is 17.0. The van der Waals surface area contributed by atoms with Crippen LogP contribution in [0.1, 0.15) is 34.1 Å². The summed E-state index contributed by atoms with van der Waals surface area (Å²) < 4.78 is 35.9. The molecule has 7 nitrogen and oxygen atoms in total. The van der Waals surface area contributed by atoms with Gasteiger partial charge in [0, 0.05) is 39.8 Å². The number of nitrogens with zero attached hydrogens (tertiary/aromatic N) is 2. The zero-order chi connectivity index (χ0) is 28.3. The van der Waals surface area contributed by atoms with E-state index in [2.05, 4.69) is 66.1 Å². The molecular weight excluding hydrogens is 490 g/mol. The number of hydrogen-bond acceptors (Lipinski definition) is 6. The fraction of sp³-hybridized carbons (Fsp3) is 0.483. The molecule has 1 aliphatic carbocycles. The highest BCUT2D eigenvalue weighted by atomic mass is 19.3. The SMILES string of the molecule is CCCN(C)CCN(C)/C(=C/C(C)=C1/C=C(NC(=O)COc2ccc(OC(C)(F)F)cc2)C=CC1C)NC. The molecule has 38 heavy (non-hydrogen) atoms. The van der Waals surface area contributed by atoms with Crippen molar-refractivity contribution in [2.45, 2.75) is 40.2 Å². The van der Waals surface area contributed by atoms with Crippen molar-refractivity contribution in [3.05, 3.63) is 71.2 Å². The number of ether oxygens (including phenoxy) is 2. The second-order valence-electron chi connectivity index (χ2n) is 9.61. The topological polar surface area (TPSA) is 66.1 Å². The fourth-order valence-corrected chi connectivity index (χ4v) is 4.00. The van der Waals surface area contributed by atoms with Crippen LogP contribution < -0.4 is 20.1 Å². The summed E-state index contributed by atoms with van der Waals surface area (Å²) >= 11 is 0. The number of likely N-dealkylation sites (N-methyl/N-ethyl adjacent to an activating group) is 2. The smallest absolute Gasteiger partial charge is 0.394 e. The second kappa shape index (κ2) is 14.6. The van der Waals surface area contributed by atoms with Gasteiger partial charge in [-0.3, -0.25) is 4.79 Å². The highest BCUT2D eigenvalue weighted by molar-refractivity contribution is 5.80. The number of carbonyl (C=O) groups excluding carboxylic acids is 1. The van der Waals surface area contributed by atoms with Gasteiger partial charge < -0.3 is 29.9 Å². The monoisotopic (exact) mass is 532 g/mol. The van der Waals surface area contributed by atoms with Crippen LogP contribution >= 0.6 is 0 Å². The van der Waals surface area contributed by atoms with Gasteiger partial charge in [-0.25, -0.2) is 0 Å². The predicted octanol–water partition coefficient (Wildman–Crippen LogP) is 4.91. The Morgan fingerprint density at radius 3 is 2.39 bits per heavy atom. The zero-order valence-corrected chi connectivity index (χ0v) is 23.6. The maximum absolute atomic E-state index is 13.0. The number of amides is 1. The van der Waals surface area contributed by atoms with Crippen LogP contribution in [0, 0.1) is 5.92 Å². The van der Waals surface area contributed by atoms with E-state index in [1.807, 2.05) is 25.3 Å². The molecule has 1 aromatic carbocycles. The van der Waals surface area contributed by atoms with Gasteiger partial charge in [-0.05, 0) is 86.5 Å². The third-order valence-electron chi connectivity index (χ3n) is 6.04. The van der Waals surface area contributed by atoms with Gasteiger partial charge >= 0.3 is 6.11 Å². The van der Waals surface area contributed by atoms with Crippen LogP contribution in [0.5, 0.6) is 11.5 Å². The van der Waals surface area contributed by atoms with E-state index in [0.717, 1.165) is 43.0 Å². The largest absolute Gasteiger partial charge is 0.484 e. The van der Waals surface area contributed by atoms with Crippen molar-refractivity contribution in [3.63, 3.8) is 0 Å². The van der Waals surface area contributed by atoms with E-state index in [0.29, 0.717) is 18.4 Å². The lowest BCUT2D eigenvalue weighted by atomic mass is 9.91. The molecule has 1 atom stereocenters. The molecule has 0 spiro atoms. The molecule has 2 rings (SSSR count). The first-order valence-electron chi connectivity index (χ1n) is 12.9. The number of alkyl halides is 2. The summed E-state index contributed by atoms with van der Waals surface area (Å²) in [6, 6.07) is 5.69. The zero-order valence-electron chi connectivity index (χ0n) is 23.6. The average Bonchev–Trinajstić information content (AvgIpc) is 2.85. The second-order valence-corrected chi connectivity index (χ2v) is 9.61. The molecule has 0 aromatic heterocycles. The van der Waals surface area contributed by atoms with Crippen LogP contribution in [0.25, 0.3) is 0 Å². The molecule has 210 valence electrons. The van der Waals surface area contributed by atoms with Crippen LogP contribution in [0.4, 0.5) is 8.78 Å². The molecule has 2 N–H and O–H groups in total. The van der Waals surface area contributed by atoms with Crippen LogP contribution in [0.15, 0.2) is 71.2 Å². The number of nitrogens with one attached hydrogen (secondary N) is 2. The lowest BCUT2D eigenvalue weighted by Gasteiger charge is -2.26. The van der Waals surface area contributed by atoms with E-state index in [9.17, 15) is 13.6 Å². The molecule has 1 amide bonds. The lowest BCUT2D eigenvalue weighted by Crippen LogP contribution is -2.34. The Morgan fingerprint density at radius 2 is 1.79 bits per heavy atom. The number of hydrogen-bond donors (Lipinski definition) is 2. The molecule has 0 saturated heterocycles. The van der Waals surface area contributed by atoms with Gasteiger partial charge in [0.15, 0.2) is 6.61 Å². The first-order chi connectivity index (χ1) is 17.9. The van der Waals surface area contributed by atoms with E-state index in [4.69, 9.17) is 4.74 Å². The van der Waals surface area contributed by atoms with Crippen LogP contribution in [0.3, 0.4) is 0 Å². The maximum atomic E-state index is 13.0. The molecule has 0 fully saturated rings. The normalized spacial score (nSPS) is 17.2. The van der Waals surface area contributed by atoms with Gasteiger partial charge in [0.05, 0.1) is 0 Å². The van der Waals surface area contributed by atoms with Crippen LogP contribution in [-0.4, -0.2) is 69.2 Å². The highest BCUT2D eigenvalue weighted by Crippen LogP contribution is 2.26. The number of rotatable bonds is 14. The predicted molar refractivity (Wildman–Crippen MR) is 148 cm³/mol. The van der Waals surface area contributed by atoms with E-state index < -0.39 is 6.11 Å². The minimum atomic E-state index is -3.27. The molecule has 0 heterocycles. The molecule has 0 bridgehead atoms. The Hall–Kier alpha value is -3.33. The van der Waals surface area contributed by atoms with Gasteiger partial charge in [-0.15, -0.1) is 0 Å². The van der Waals surface area contributed by atoms with Crippen molar-refractivity contribution in [3.8, 4) is 11.5 Å². The van der Waals surface area contributed by atoms with Gasteiger partial charge in [0.1, 0.15) is 17.3 Å². The molecule has 0 aliphatic heterocycles. The molecule has 0 radical (unpaired) electrons. The van der Waals surface area contributed by atoms with Crippen molar-refractivity contribution >= 4 is 5.91 Å². The Kier molecular flexibility index (Phi) is 11.8. The van der Waals surface area contributed by atoms with E-state index >= 15 is 0 Å². The van der Waals surface area contributed by atoms with Gasteiger partial charge in [0.25, 0.3) is 5.91 Å². The summed E-state index contributed by atoms with van der Waals surface area (Å²) in [6.45, 7) is 9.77. The number of benzene rings is 1. The van der Waals surface area contributed by atoms with Crippen molar-refractivity contribution < 1.29 is 23.0 Å². The Morgan fingerprint density at radius 1 is 1.13 bits per heavy atom. The van der Waals surface area contributed by atoms with Crippen molar-refractivity contribution in [2.24, 2.45) is 5.92 Å². The quantitative estimate of drug-likeness (QED) is 0.355. The van der Waals surface area contributed by atoms with E-state index in [1.54, 1.807) is 0 Å². The molecule has 0 saturated carbocycles. The van der Waals surface area contributed by atoms with Crippen molar-refractivity contribution in [1.82, 2.24) is 20.4 Å². The third-order valence-corrected chi connectivity index (χ3v) is 6.04. The standard InChI is InChI=1S/C29H42F2N4O3/c1-8-15-34(6)16-17-35(7)27(32-5)18-22(3)26-19-23(10-9-21(26)2)33-28(36)20-37-24-11-13-25(14-12-24)38-29(4,30)31/h9-14,18-19,21,32H,8,15-17,20H2,1-7H3,(H,33,36)/b26-22-,27-18+. The summed E-state index contributed by atoms with van der Waals surface area (Å²) in [5, 5.41) is 6.17. The first kappa shape index (κ1) is 30.9. The minimum Gasteiger partial charge on any atom is -0.484 e. The summed E-state index contributed by atoms with van der Waals surface area (Å²) in [5.41, 5.74) is 2.88. The van der Waals surface area contributed by atoms with E-state index in [1.165, 1.54) is 24.3 Å². The summed E-state index contributed by atoms with van der Waals surface area (Å²) in [5.74, 6) is 1.28. The van der Waals surface area contributed by atoms with Gasteiger partial charge in [-0.2, -0.15) is 8.78 Å². The number of halogens is 2. The van der Waals surface area contributed by atoms with Crippen molar-refractivity contribution in [1.29, 1.82) is 0 Å². The Labute approximate surface area is 225 Å². The van der Waals surface area contributed by atoms with E-state index in [-0.39, 0.29) is 24.2 Å². The molecule has 1 aliphatic rings. The summed E-state index contributed by atoms with van der Waals surface area (Å²) in [7, 11) is 6.13.